The van der Waals surface area contributed by atoms with Crippen molar-refractivity contribution in [1.82, 2.24) is 10.2 Å². The zero-order valence-electron chi connectivity index (χ0n) is 14.8. The number of urea groups is 1. The summed E-state index contributed by atoms with van der Waals surface area (Å²) in [4.78, 5) is 14.3. The number of carbonyl (C=O) groups excluding carboxylic acids is 1. The number of carbonyl (C=O) groups is 1. The Kier molecular flexibility index (Phi) is 4.42. The van der Waals surface area contributed by atoms with Crippen LogP contribution in [0.3, 0.4) is 0 Å². The van der Waals surface area contributed by atoms with Crippen LogP contribution in [0.2, 0.25) is 0 Å². The van der Waals surface area contributed by atoms with Crippen LogP contribution in [-0.2, 0) is 11.3 Å². The molecule has 1 N–H and O–H groups in total. The highest BCUT2D eigenvalue weighted by Gasteiger charge is 2.40. The molecule has 1 spiro atoms. The third-order valence-corrected chi connectivity index (χ3v) is 5.55. The van der Waals surface area contributed by atoms with Crippen molar-refractivity contribution in [3.05, 3.63) is 36.1 Å². The van der Waals surface area contributed by atoms with Gasteiger partial charge in [0.1, 0.15) is 11.3 Å². The highest BCUT2D eigenvalue weighted by molar-refractivity contribution is 5.78. The normalized spacial score (nSPS) is 22.4. The number of nitrogens with zero attached hydrogens (tertiary/aromatic N) is 1. The first-order chi connectivity index (χ1) is 12.1. The van der Waals surface area contributed by atoms with E-state index in [1.54, 1.807) is 4.90 Å². The maximum Gasteiger partial charge on any atom is 0.317 e. The van der Waals surface area contributed by atoms with Gasteiger partial charge in [0.15, 0.2) is 0 Å². The Morgan fingerprint density at radius 3 is 2.92 bits per heavy atom. The second-order valence-corrected chi connectivity index (χ2v) is 7.48. The Balaban J connectivity index is 1.35. The van der Waals surface area contributed by atoms with Crippen LogP contribution in [0.5, 0.6) is 0 Å². The molecule has 1 atom stereocenters. The number of fused-ring (bicyclic) bond motifs is 1. The quantitative estimate of drug-likeness (QED) is 0.915. The van der Waals surface area contributed by atoms with Crippen molar-refractivity contribution in [3.63, 3.8) is 0 Å². The summed E-state index contributed by atoms with van der Waals surface area (Å²) in [6, 6.07) is 10.1. The fourth-order valence-corrected chi connectivity index (χ4v) is 4.22. The monoisotopic (exact) mass is 342 g/mol. The zero-order chi connectivity index (χ0) is 17.3. The smallest absolute Gasteiger partial charge is 0.317 e. The summed E-state index contributed by atoms with van der Waals surface area (Å²) in [5.74, 6) is 0.804. The lowest BCUT2D eigenvalue weighted by atomic mass is 9.89. The molecule has 2 fully saturated rings. The Hall–Kier alpha value is -2.01. The van der Waals surface area contributed by atoms with E-state index in [0.29, 0.717) is 6.54 Å². The Bertz CT molecular complexity index is 715. The summed E-state index contributed by atoms with van der Waals surface area (Å²) in [6.07, 6.45) is 6.59. The number of amides is 2. The summed E-state index contributed by atoms with van der Waals surface area (Å²) in [6.45, 7) is 1.22. The third-order valence-electron chi connectivity index (χ3n) is 5.55. The molecule has 5 heteroatoms. The maximum absolute atomic E-state index is 12.6. The van der Waals surface area contributed by atoms with Gasteiger partial charge in [-0.05, 0) is 37.8 Å². The Labute approximate surface area is 148 Å². The number of para-hydroxylation sites is 1. The van der Waals surface area contributed by atoms with E-state index < -0.39 is 0 Å². The summed E-state index contributed by atoms with van der Waals surface area (Å²) in [7, 11) is 1.81. The van der Waals surface area contributed by atoms with Crippen LogP contribution < -0.4 is 5.32 Å². The van der Waals surface area contributed by atoms with Crippen LogP contribution in [0.1, 0.15) is 44.3 Å². The molecule has 134 valence electrons. The second kappa shape index (κ2) is 6.71. The van der Waals surface area contributed by atoms with Gasteiger partial charge >= 0.3 is 6.03 Å². The lowest BCUT2D eigenvalue weighted by Gasteiger charge is -2.39. The van der Waals surface area contributed by atoms with E-state index in [9.17, 15) is 4.79 Å². The van der Waals surface area contributed by atoms with Crippen molar-refractivity contribution in [3.8, 4) is 0 Å². The molecule has 1 saturated heterocycles. The second-order valence-electron chi connectivity index (χ2n) is 7.48. The van der Waals surface area contributed by atoms with Crippen molar-refractivity contribution in [2.24, 2.45) is 0 Å². The maximum atomic E-state index is 12.6. The molecule has 0 bridgehead atoms. The molecule has 1 aliphatic carbocycles. The fourth-order valence-electron chi connectivity index (χ4n) is 4.22. The van der Waals surface area contributed by atoms with Crippen LogP contribution in [0.15, 0.2) is 34.7 Å². The molecule has 2 amide bonds. The van der Waals surface area contributed by atoms with E-state index in [4.69, 9.17) is 9.15 Å². The van der Waals surface area contributed by atoms with E-state index >= 15 is 0 Å². The fraction of sp³-hybridized carbons (Fsp3) is 0.550. The minimum atomic E-state index is -0.0412. The van der Waals surface area contributed by atoms with Crippen molar-refractivity contribution >= 4 is 17.0 Å². The first-order valence-corrected chi connectivity index (χ1v) is 9.27. The van der Waals surface area contributed by atoms with Gasteiger partial charge in [0, 0.05) is 25.1 Å². The number of furan rings is 1. The van der Waals surface area contributed by atoms with E-state index in [1.165, 1.54) is 12.8 Å². The number of rotatable bonds is 3. The number of hydrogen-bond donors (Lipinski definition) is 1. The summed E-state index contributed by atoms with van der Waals surface area (Å²) in [5, 5.41) is 4.26. The molecular formula is C20H26N2O3. The number of ether oxygens (including phenoxy) is 1. The summed E-state index contributed by atoms with van der Waals surface area (Å²) >= 11 is 0. The number of nitrogens with one attached hydrogen (secondary N) is 1. The SMILES string of the molecule is CN(Cc1cc2ccccc2o1)C(=O)NC1CCOC2(CCCC2)C1. The molecule has 1 aliphatic heterocycles. The molecule has 25 heavy (non-hydrogen) atoms. The van der Waals surface area contributed by atoms with Gasteiger partial charge in [-0.25, -0.2) is 4.79 Å². The predicted octanol–water partition coefficient (Wildman–Crippen LogP) is 4.07. The van der Waals surface area contributed by atoms with Crippen LogP contribution in [0.4, 0.5) is 4.79 Å². The van der Waals surface area contributed by atoms with Gasteiger partial charge in [0.25, 0.3) is 0 Å². The molecule has 1 unspecified atom stereocenters. The molecule has 2 aromatic rings. The van der Waals surface area contributed by atoms with Gasteiger partial charge in [0.2, 0.25) is 0 Å². The van der Waals surface area contributed by atoms with Crippen molar-refractivity contribution < 1.29 is 13.9 Å². The van der Waals surface area contributed by atoms with Gasteiger partial charge in [0.05, 0.1) is 12.1 Å². The van der Waals surface area contributed by atoms with E-state index in [2.05, 4.69) is 5.32 Å². The van der Waals surface area contributed by atoms with E-state index in [-0.39, 0.29) is 17.7 Å². The van der Waals surface area contributed by atoms with Crippen LogP contribution >= 0.6 is 0 Å². The summed E-state index contributed by atoms with van der Waals surface area (Å²) in [5.41, 5.74) is 0.881. The van der Waals surface area contributed by atoms with Crippen molar-refractivity contribution in [1.29, 1.82) is 0 Å². The van der Waals surface area contributed by atoms with Gasteiger partial charge in [-0.1, -0.05) is 31.0 Å². The van der Waals surface area contributed by atoms with Crippen molar-refractivity contribution in [2.75, 3.05) is 13.7 Å². The van der Waals surface area contributed by atoms with Gasteiger partial charge in [-0.3, -0.25) is 0 Å². The van der Waals surface area contributed by atoms with Crippen LogP contribution in [0.25, 0.3) is 11.0 Å². The Morgan fingerprint density at radius 1 is 1.32 bits per heavy atom. The highest BCUT2D eigenvalue weighted by Crippen LogP contribution is 2.40. The minimum absolute atomic E-state index is 0.0213. The lowest BCUT2D eigenvalue weighted by Crippen LogP contribution is -2.50. The molecule has 1 saturated carbocycles. The largest absolute Gasteiger partial charge is 0.459 e. The molecule has 4 rings (SSSR count). The first kappa shape index (κ1) is 16.5. The average molecular weight is 342 g/mol. The number of benzene rings is 1. The molecule has 2 aliphatic rings. The van der Waals surface area contributed by atoms with Gasteiger partial charge in [-0.2, -0.15) is 0 Å². The standard InChI is InChI=1S/C20H26N2O3/c1-22(14-17-12-15-6-2-3-7-18(15)25-17)19(23)21-16-8-11-24-20(13-16)9-4-5-10-20/h2-3,6-7,12,16H,4-5,8-11,13-14H2,1H3,(H,21,23). The zero-order valence-corrected chi connectivity index (χ0v) is 14.8. The van der Waals surface area contributed by atoms with Gasteiger partial charge < -0.3 is 19.4 Å². The lowest BCUT2D eigenvalue weighted by molar-refractivity contribution is -0.0823. The highest BCUT2D eigenvalue weighted by atomic mass is 16.5. The van der Waals surface area contributed by atoms with E-state index in [0.717, 1.165) is 49.0 Å². The molecule has 2 heterocycles. The number of hydrogen-bond acceptors (Lipinski definition) is 3. The minimum Gasteiger partial charge on any atom is -0.459 e. The molecular weight excluding hydrogens is 316 g/mol. The third kappa shape index (κ3) is 3.52. The molecule has 5 nitrogen and oxygen atoms in total. The molecule has 0 radical (unpaired) electrons. The van der Waals surface area contributed by atoms with Crippen LogP contribution in [0, 0.1) is 0 Å². The van der Waals surface area contributed by atoms with E-state index in [1.807, 2.05) is 37.4 Å². The topological polar surface area (TPSA) is 54.7 Å². The van der Waals surface area contributed by atoms with Crippen molar-refractivity contribution in [2.45, 2.75) is 56.7 Å². The predicted molar refractivity (Wildman–Crippen MR) is 96.4 cm³/mol. The Morgan fingerprint density at radius 2 is 2.12 bits per heavy atom. The van der Waals surface area contributed by atoms with Crippen LogP contribution in [-0.4, -0.2) is 36.2 Å². The average Bonchev–Trinajstić information content (AvgIpc) is 3.21. The first-order valence-electron chi connectivity index (χ1n) is 9.27. The molecule has 1 aromatic carbocycles. The summed E-state index contributed by atoms with van der Waals surface area (Å²) < 4.78 is 11.9. The molecule has 1 aromatic heterocycles. The van der Waals surface area contributed by atoms with Gasteiger partial charge in [-0.15, -0.1) is 0 Å².